The minimum absolute atomic E-state index is 0.0128. The molecule has 1 fully saturated rings. The summed E-state index contributed by atoms with van der Waals surface area (Å²) in [5.74, 6) is 0.190. The molecule has 0 bridgehead atoms. The second-order valence-corrected chi connectivity index (χ2v) is 6.81. The van der Waals surface area contributed by atoms with Crippen LogP contribution in [0.4, 0.5) is 8.78 Å². The number of hydrogen-bond donors (Lipinski definition) is 2. The van der Waals surface area contributed by atoms with Crippen LogP contribution in [0.2, 0.25) is 0 Å². The number of ether oxygens (including phenoxy) is 2. The molecule has 3 N–H and O–H groups in total. The molecule has 146 valence electrons. The molecule has 0 radical (unpaired) electrons. The summed E-state index contributed by atoms with van der Waals surface area (Å²) in [6.07, 6.45) is 5.85. The molecular weight excluding hydrogens is 342 g/mol. The van der Waals surface area contributed by atoms with Crippen LogP contribution >= 0.6 is 0 Å². The highest BCUT2D eigenvalue weighted by Crippen LogP contribution is 2.38. The Bertz CT molecular complexity index is 590. The van der Waals surface area contributed by atoms with Crippen molar-refractivity contribution in [3.05, 3.63) is 23.8 Å². The van der Waals surface area contributed by atoms with Crippen molar-refractivity contribution in [3.8, 4) is 11.5 Å². The second-order valence-electron chi connectivity index (χ2n) is 6.81. The number of amides is 1. The number of benzene rings is 1. The number of nitrogens with one attached hydrogen (secondary N) is 1. The quantitative estimate of drug-likeness (QED) is 0.697. The molecule has 0 atom stereocenters. The van der Waals surface area contributed by atoms with Crippen molar-refractivity contribution >= 4 is 5.91 Å². The van der Waals surface area contributed by atoms with Gasteiger partial charge in [-0.3, -0.25) is 4.79 Å². The minimum atomic E-state index is -2.91. The molecule has 1 aromatic carbocycles. The molecule has 5 nitrogen and oxygen atoms in total. The lowest BCUT2D eigenvalue weighted by molar-refractivity contribution is -0.124. The van der Waals surface area contributed by atoms with Gasteiger partial charge in [0.2, 0.25) is 5.91 Å². The van der Waals surface area contributed by atoms with Crippen LogP contribution in [0.25, 0.3) is 0 Å². The molecule has 0 aromatic heterocycles. The first-order chi connectivity index (χ1) is 12.5. The number of carbonyl (C=O) groups excluding carboxylic acids is 1. The number of halogens is 2. The first-order valence-corrected chi connectivity index (χ1v) is 9.15. The largest absolute Gasteiger partial charge is 0.490 e. The van der Waals surface area contributed by atoms with Crippen LogP contribution in [-0.2, 0) is 11.3 Å². The fraction of sp³-hybridized carbons (Fsp3) is 0.632. The first kappa shape index (κ1) is 20.4. The third-order valence-electron chi connectivity index (χ3n) is 4.90. The second kappa shape index (κ2) is 9.71. The Morgan fingerprint density at radius 1 is 1.27 bits per heavy atom. The normalized spacial score (nSPS) is 16.3. The highest BCUT2D eigenvalue weighted by molar-refractivity contribution is 5.76. The summed E-state index contributed by atoms with van der Waals surface area (Å²) in [4.78, 5) is 12.3. The van der Waals surface area contributed by atoms with Crippen molar-refractivity contribution in [2.24, 2.45) is 11.1 Å². The van der Waals surface area contributed by atoms with Gasteiger partial charge in [0.05, 0.1) is 6.61 Å². The molecule has 1 aliphatic rings. The van der Waals surface area contributed by atoms with Gasteiger partial charge in [0.15, 0.2) is 11.5 Å². The Balaban J connectivity index is 1.95. The molecule has 7 heteroatoms. The Hall–Kier alpha value is -1.89. The molecular formula is C19H28F2N2O3. The van der Waals surface area contributed by atoms with E-state index in [1.807, 2.05) is 0 Å². The van der Waals surface area contributed by atoms with Gasteiger partial charge in [0.1, 0.15) is 0 Å². The highest BCUT2D eigenvalue weighted by atomic mass is 19.3. The minimum Gasteiger partial charge on any atom is -0.490 e. The zero-order valence-corrected chi connectivity index (χ0v) is 15.2. The SMILES string of the molecule is CCOc1cc(CNC(=O)CC2(CN)CCCCC2)ccc1OC(F)F. The lowest BCUT2D eigenvalue weighted by Gasteiger charge is -2.35. The van der Waals surface area contributed by atoms with Gasteiger partial charge >= 0.3 is 6.61 Å². The van der Waals surface area contributed by atoms with Crippen molar-refractivity contribution in [1.82, 2.24) is 5.32 Å². The molecule has 2 rings (SSSR count). The zero-order valence-electron chi connectivity index (χ0n) is 15.2. The lowest BCUT2D eigenvalue weighted by Crippen LogP contribution is -2.38. The van der Waals surface area contributed by atoms with Gasteiger partial charge in [-0.2, -0.15) is 8.78 Å². The molecule has 1 saturated carbocycles. The average Bonchev–Trinajstić information content (AvgIpc) is 2.62. The first-order valence-electron chi connectivity index (χ1n) is 9.15. The number of carbonyl (C=O) groups is 1. The van der Waals surface area contributed by atoms with E-state index in [0.29, 0.717) is 26.1 Å². The number of nitrogens with two attached hydrogens (primary N) is 1. The molecule has 26 heavy (non-hydrogen) atoms. The third kappa shape index (κ3) is 5.83. The average molecular weight is 370 g/mol. The molecule has 0 unspecified atom stereocenters. The lowest BCUT2D eigenvalue weighted by atomic mass is 9.71. The molecule has 0 saturated heterocycles. The molecule has 1 aliphatic carbocycles. The smallest absolute Gasteiger partial charge is 0.387 e. The topological polar surface area (TPSA) is 73.6 Å². The van der Waals surface area contributed by atoms with Gasteiger partial charge in [-0.05, 0) is 49.4 Å². The Morgan fingerprint density at radius 3 is 2.62 bits per heavy atom. The molecule has 0 aliphatic heterocycles. The monoisotopic (exact) mass is 370 g/mol. The summed E-state index contributed by atoms with van der Waals surface area (Å²) in [6, 6.07) is 4.68. The number of hydrogen-bond acceptors (Lipinski definition) is 4. The van der Waals surface area contributed by atoms with Crippen molar-refractivity contribution in [2.45, 2.75) is 58.6 Å². The van der Waals surface area contributed by atoms with Crippen molar-refractivity contribution in [3.63, 3.8) is 0 Å². The predicted octanol–water partition coefficient (Wildman–Crippen LogP) is 3.60. The number of rotatable bonds is 9. The zero-order chi connectivity index (χ0) is 19.0. The fourth-order valence-corrected chi connectivity index (χ4v) is 3.48. The highest BCUT2D eigenvalue weighted by Gasteiger charge is 2.32. The Morgan fingerprint density at radius 2 is 2.00 bits per heavy atom. The van der Waals surface area contributed by atoms with Crippen LogP contribution in [0.1, 0.15) is 51.0 Å². The van der Waals surface area contributed by atoms with Crippen LogP contribution in [0.15, 0.2) is 18.2 Å². The molecule has 0 heterocycles. The summed E-state index contributed by atoms with van der Waals surface area (Å²) in [7, 11) is 0. The standard InChI is InChI=1S/C19H28F2N2O3/c1-2-25-16-10-14(6-7-15(16)26-18(20)21)12-23-17(24)11-19(13-22)8-4-3-5-9-19/h6-7,10,18H,2-5,8-9,11-13,22H2,1H3,(H,23,24). The summed E-state index contributed by atoms with van der Waals surface area (Å²) in [5, 5.41) is 2.90. The number of alkyl halides is 2. The summed E-state index contributed by atoms with van der Waals surface area (Å²) in [6.45, 7) is -0.00289. The molecule has 1 amide bonds. The van der Waals surface area contributed by atoms with Gasteiger partial charge in [0.25, 0.3) is 0 Å². The van der Waals surface area contributed by atoms with E-state index in [2.05, 4.69) is 10.1 Å². The maximum atomic E-state index is 12.4. The van der Waals surface area contributed by atoms with E-state index < -0.39 is 6.61 Å². The molecule has 1 aromatic rings. The van der Waals surface area contributed by atoms with E-state index in [9.17, 15) is 13.6 Å². The van der Waals surface area contributed by atoms with E-state index in [0.717, 1.165) is 31.2 Å². The third-order valence-corrected chi connectivity index (χ3v) is 4.90. The van der Waals surface area contributed by atoms with Gasteiger partial charge in [0, 0.05) is 13.0 Å². The van der Waals surface area contributed by atoms with Crippen LogP contribution in [-0.4, -0.2) is 25.7 Å². The van der Waals surface area contributed by atoms with Crippen LogP contribution in [0, 0.1) is 5.41 Å². The van der Waals surface area contributed by atoms with Crippen LogP contribution in [0.5, 0.6) is 11.5 Å². The van der Waals surface area contributed by atoms with Crippen LogP contribution < -0.4 is 20.5 Å². The van der Waals surface area contributed by atoms with E-state index in [1.54, 1.807) is 19.1 Å². The van der Waals surface area contributed by atoms with E-state index in [4.69, 9.17) is 10.5 Å². The van der Waals surface area contributed by atoms with Gasteiger partial charge in [-0.25, -0.2) is 0 Å². The Kier molecular flexibility index (Phi) is 7.63. The Labute approximate surface area is 153 Å². The summed E-state index contributed by atoms with van der Waals surface area (Å²) in [5.41, 5.74) is 6.60. The van der Waals surface area contributed by atoms with Gasteiger partial charge < -0.3 is 20.5 Å². The van der Waals surface area contributed by atoms with Gasteiger partial charge in [-0.15, -0.1) is 0 Å². The van der Waals surface area contributed by atoms with E-state index in [-0.39, 0.29) is 22.8 Å². The van der Waals surface area contributed by atoms with Crippen LogP contribution in [0.3, 0.4) is 0 Å². The predicted molar refractivity (Wildman–Crippen MR) is 95.3 cm³/mol. The van der Waals surface area contributed by atoms with E-state index >= 15 is 0 Å². The maximum absolute atomic E-state index is 12.4. The fourth-order valence-electron chi connectivity index (χ4n) is 3.48. The summed E-state index contributed by atoms with van der Waals surface area (Å²) < 4.78 is 34.7. The van der Waals surface area contributed by atoms with Crippen molar-refractivity contribution < 1.29 is 23.0 Å². The maximum Gasteiger partial charge on any atom is 0.387 e. The molecule has 0 spiro atoms. The van der Waals surface area contributed by atoms with E-state index in [1.165, 1.54) is 12.5 Å². The van der Waals surface area contributed by atoms with Crippen molar-refractivity contribution in [1.29, 1.82) is 0 Å². The summed E-state index contributed by atoms with van der Waals surface area (Å²) >= 11 is 0. The van der Waals surface area contributed by atoms with Crippen molar-refractivity contribution in [2.75, 3.05) is 13.2 Å². The van der Waals surface area contributed by atoms with Gasteiger partial charge in [-0.1, -0.05) is 25.3 Å².